The smallest absolute Gasteiger partial charge is 0.142 e. The summed E-state index contributed by atoms with van der Waals surface area (Å²) in [6, 6.07) is 15.0. The molecule has 0 saturated heterocycles. The number of benzene rings is 1. The molecule has 1 atom stereocenters. The molecular formula is C16H16N4O. The van der Waals surface area contributed by atoms with E-state index in [1.165, 1.54) is 0 Å². The van der Waals surface area contributed by atoms with Crippen LogP contribution in [0.3, 0.4) is 0 Å². The van der Waals surface area contributed by atoms with Gasteiger partial charge in [0.1, 0.15) is 11.4 Å². The molecule has 0 saturated carbocycles. The lowest BCUT2D eigenvalue weighted by atomic mass is 10.1. The molecule has 0 fully saturated rings. The summed E-state index contributed by atoms with van der Waals surface area (Å²) >= 11 is 0. The first-order valence-electron chi connectivity index (χ1n) is 6.65. The van der Waals surface area contributed by atoms with Crippen molar-refractivity contribution in [1.82, 2.24) is 14.8 Å². The van der Waals surface area contributed by atoms with Gasteiger partial charge in [0.05, 0.1) is 24.5 Å². The predicted octanol–water partition coefficient (Wildman–Crippen LogP) is 2.32. The van der Waals surface area contributed by atoms with Crippen LogP contribution in [0.15, 0.2) is 60.9 Å². The first-order valence-corrected chi connectivity index (χ1v) is 6.65. The van der Waals surface area contributed by atoms with Crippen LogP contribution in [0.1, 0.15) is 17.4 Å². The van der Waals surface area contributed by atoms with Crippen molar-refractivity contribution in [3.63, 3.8) is 0 Å². The van der Waals surface area contributed by atoms with Crippen LogP contribution in [0.2, 0.25) is 0 Å². The summed E-state index contributed by atoms with van der Waals surface area (Å²) in [6.07, 6.45) is 3.59. The number of para-hydroxylation sites is 1. The molecule has 3 rings (SSSR count). The molecule has 0 aliphatic heterocycles. The van der Waals surface area contributed by atoms with Gasteiger partial charge in [-0.1, -0.05) is 18.2 Å². The van der Waals surface area contributed by atoms with Crippen LogP contribution >= 0.6 is 0 Å². The van der Waals surface area contributed by atoms with Crippen molar-refractivity contribution < 1.29 is 4.74 Å². The van der Waals surface area contributed by atoms with E-state index in [9.17, 15) is 0 Å². The van der Waals surface area contributed by atoms with Crippen LogP contribution in [-0.4, -0.2) is 21.9 Å². The van der Waals surface area contributed by atoms with E-state index in [1.807, 2.05) is 54.7 Å². The Morgan fingerprint density at radius 1 is 1.10 bits per heavy atom. The fraction of sp³-hybridized carbons (Fsp3) is 0.125. The summed E-state index contributed by atoms with van der Waals surface area (Å²) in [4.78, 5) is 4.31. The van der Waals surface area contributed by atoms with Crippen LogP contribution in [0.4, 0.5) is 0 Å². The first kappa shape index (κ1) is 13.3. The summed E-state index contributed by atoms with van der Waals surface area (Å²) in [5.74, 6) is 0.666. The van der Waals surface area contributed by atoms with E-state index in [4.69, 9.17) is 10.5 Å². The molecule has 5 heteroatoms. The fourth-order valence-corrected chi connectivity index (χ4v) is 2.18. The second-order valence-electron chi connectivity index (χ2n) is 4.59. The zero-order valence-electron chi connectivity index (χ0n) is 11.7. The highest BCUT2D eigenvalue weighted by atomic mass is 16.5. The number of hydrogen-bond acceptors (Lipinski definition) is 4. The average molecular weight is 280 g/mol. The van der Waals surface area contributed by atoms with Crippen LogP contribution in [0, 0.1) is 0 Å². The molecule has 2 N–H and O–H groups in total. The van der Waals surface area contributed by atoms with Gasteiger partial charge in [0, 0.05) is 12.4 Å². The third-order valence-corrected chi connectivity index (χ3v) is 3.26. The van der Waals surface area contributed by atoms with Crippen molar-refractivity contribution in [3.8, 4) is 11.4 Å². The molecule has 0 spiro atoms. The molecule has 0 aliphatic rings. The number of hydrogen-bond donors (Lipinski definition) is 1. The van der Waals surface area contributed by atoms with Crippen molar-refractivity contribution in [3.05, 3.63) is 72.3 Å². The molecule has 3 aromatic rings. The minimum Gasteiger partial charge on any atom is -0.495 e. The highest BCUT2D eigenvalue weighted by Crippen LogP contribution is 2.25. The summed E-state index contributed by atoms with van der Waals surface area (Å²) in [7, 11) is 1.61. The summed E-state index contributed by atoms with van der Waals surface area (Å²) in [5.41, 5.74) is 8.68. The van der Waals surface area contributed by atoms with Crippen LogP contribution in [0.25, 0.3) is 5.69 Å². The first-order chi connectivity index (χ1) is 10.3. The van der Waals surface area contributed by atoms with E-state index in [0.29, 0.717) is 11.4 Å². The van der Waals surface area contributed by atoms with Crippen molar-refractivity contribution in [2.24, 2.45) is 5.73 Å². The fourth-order valence-electron chi connectivity index (χ4n) is 2.18. The Labute approximate surface area is 123 Å². The SMILES string of the molecule is COc1cccnc1C(N)c1ccn(-c2ccccc2)n1. The monoisotopic (exact) mass is 280 g/mol. The number of nitrogens with two attached hydrogens (primary N) is 1. The number of methoxy groups -OCH3 is 1. The number of pyridine rings is 1. The Morgan fingerprint density at radius 3 is 2.67 bits per heavy atom. The molecule has 0 bridgehead atoms. The number of rotatable bonds is 4. The van der Waals surface area contributed by atoms with Crippen LogP contribution in [0.5, 0.6) is 5.75 Å². The molecule has 0 amide bonds. The molecule has 2 heterocycles. The van der Waals surface area contributed by atoms with Gasteiger partial charge in [-0.2, -0.15) is 5.10 Å². The Morgan fingerprint density at radius 2 is 1.90 bits per heavy atom. The topological polar surface area (TPSA) is 66.0 Å². The Hall–Kier alpha value is -2.66. The standard InChI is InChI=1S/C16H16N4O/c1-21-14-8-5-10-18-16(14)15(17)13-9-11-20(19-13)12-6-3-2-4-7-12/h2-11,15H,17H2,1H3. The Bertz CT molecular complexity index is 724. The van der Waals surface area contributed by atoms with Crippen molar-refractivity contribution in [1.29, 1.82) is 0 Å². The van der Waals surface area contributed by atoms with Gasteiger partial charge in [0.15, 0.2) is 0 Å². The Kier molecular flexibility index (Phi) is 3.66. The largest absolute Gasteiger partial charge is 0.495 e. The lowest BCUT2D eigenvalue weighted by Crippen LogP contribution is -2.15. The number of aromatic nitrogens is 3. The lowest BCUT2D eigenvalue weighted by Gasteiger charge is -2.12. The van der Waals surface area contributed by atoms with Crippen LogP contribution < -0.4 is 10.5 Å². The highest BCUT2D eigenvalue weighted by Gasteiger charge is 2.17. The van der Waals surface area contributed by atoms with Crippen molar-refractivity contribution >= 4 is 0 Å². The molecule has 5 nitrogen and oxygen atoms in total. The zero-order valence-corrected chi connectivity index (χ0v) is 11.7. The van der Waals surface area contributed by atoms with Gasteiger partial charge in [0.2, 0.25) is 0 Å². The maximum Gasteiger partial charge on any atom is 0.142 e. The molecule has 0 aliphatic carbocycles. The van der Waals surface area contributed by atoms with E-state index in [0.717, 1.165) is 11.4 Å². The molecular weight excluding hydrogens is 264 g/mol. The van der Waals surface area contributed by atoms with E-state index in [1.54, 1.807) is 18.0 Å². The molecule has 0 radical (unpaired) electrons. The highest BCUT2D eigenvalue weighted by molar-refractivity contribution is 5.35. The minimum absolute atomic E-state index is 0.425. The zero-order chi connectivity index (χ0) is 14.7. The summed E-state index contributed by atoms with van der Waals surface area (Å²) in [6.45, 7) is 0. The van der Waals surface area contributed by atoms with E-state index in [-0.39, 0.29) is 0 Å². The average Bonchev–Trinajstić information content (AvgIpc) is 3.05. The second-order valence-corrected chi connectivity index (χ2v) is 4.59. The molecule has 1 unspecified atom stereocenters. The molecule has 1 aromatic carbocycles. The second kappa shape index (κ2) is 5.76. The quantitative estimate of drug-likeness (QED) is 0.796. The predicted molar refractivity (Wildman–Crippen MR) is 80.4 cm³/mol. The van der Waals surface area contributed by atoms with Crippen molar-refractivity contribution in [2.75, 3.05) is 7.11 Å². The van der Waals surface area contributed by atoms with E-state index < -0.39 is 6.04 Å². The van der Waals surface area contributed by atoms with Gasteiger partial charge >= 0.3 is 0 Å². The van der Waals surface area contributed by atoms with Crippen molar-refractivity contribution in [2.45, 2.75) is 6.04 Å². The summed E-state index contributed by atoms with van der Waals surface area (Å²) in [5, 5.41) is 4.53. The van der Waals surface area contributed by atoms with Gasteiger partial charge in [0.25, 0.3) is 0 Å². The third-order valence-electron chi connectivity index (χ3n) is 3.26. The maximum atomic E-state index is 6.27. The minimum atomic E-state index is -0.425. The Balaban J connectivity index is 1.93. The van der Waals surface area contributed by atoms with Gasteiger partial charge in [-0.3, -0.25) is 4.98 Å². The summed E-state index contributed by atoms with van der Waals surface area (Å²) < 4.78 is 7.10. The van der Waals surface area contributed by atoms with E-state index >= 15 is 0 Å². The van der Waals surface area contributed by atoms with Gasteiger partial charge in [-0.25, -0.2) is 4.68 Å². The van der Waals surface area contributed by atoms with Crippen LogP contribution in [-0.2, 0) is 0 Å². The third kappa shape index (κ3) is 2.64. The molecule has 2 aromatic heterocycles. The normalized spacial score (nSPS) is 12.1. The molecule has 106 valence electrons. The lowest BCUT2D eigenvalue weighted by molar-refractivity contribution is 0.404. The number of ether oxygens (including phenoxy) is 1. The van der Waals surface area contributed by atoms with E-state index in [2.05, 4.69) is 10.1 Å². The molecule has 21 heavy (non-hydrogen) atoms. The van der Waals surface area contributed by atoms with Gasteiger partial charge in [-0.05, 0) is 30.3 Å². The number of nitrogens with zero attached hydrogens (tertiary/aromatic N) is 3. The maximum absolute atomic E-state index is 6.27. The van der Waals surface area contributed by atoms with Gasteiger partial charge < -0.3 is 10.5 Å². The van der Waals surface area contributed by atoms with Gasteiger partial charge in [-0.15, -0.1) is 0 Å².